The first kappa shape index (κ1) is 39.2. The van der Waals surface area contributed by atoms with Gasteiger partial charge >= 0.3 is 0 Å². The molecule has 0 heterocycles. The molecule has 0 unspecified atom stereocenters. The number of aryl methyl sites for hydroxylation is 5. The minimum atomic E-state index is 0.940. The lowest BCUT2D eigenvalue weighted by atomic mass is 9.90. The van der Waals surface area contributed by atoms with Gasteiger partial charge in [0.25, 0.3) is 0 Å². The molecule has 0 fully saturated rings. The third-order valence-electron chi connectivity index (χ3n) is 12.5. The third kappa shape index (κ3) is 7.34. The number of hydrogen-bond donors (Lipinski definition) is 0. The van der Waals surface area contributed by atoms with Crippen molar-refractivity contribution in [2.75, 3.05) is 0 Å². The van der Waals surface area contributed by atoms with Gasteiger partial charge in [0.1, 0.15) is 0 Å². The second kappa shape index (κ2) is 15.9. The van der Waals surface area contributed by atoms with Gasteiger partial charge in [-0.15, -0.1) is 0 Å². The molecule has 11 aromatic rings. The summed E-state index contributed by atoms with van der Waals surface area (Å²) in [5.74, 6) is 35.9. The zero-order chi connectivity index (χ0) is 44.2. The summed E-state index contributed by atoms with van der Waals surface area (Å²) in [7, 11) is 0. The first-order valence-electron chi connectivity index (χ1n) is 22.0. The average Bonchev–Trinajstić information content (AvgIpc) is 3.68. The van der Waals surface area contributed by atoms with Crippen molar-refractivity contribution in [3.8, 4) is 59.2 Å². The van der Waals surface area contributed by atoms with E-state index in [4.69, 9.17) is 0 Å². The zero-order valence-corrected chi connectivity index (χ0v) is 36.9. The lowest BCUT2D eigenvalue weighted by Gasteiger charge is -2.11. The van der Waals surface area contributed by atoms with Crippen LogP contribution in [0.3, 0.4) is 0 Å². The molecule has 0 atom stereocenters. The Morgan fingerprint density at radius 1 is 0.200 bits per heavy atom. The van der Waals surface area contributed by atoms with E-state index in [-0.39, 0.29) is 0 Å². The molecular weight excluding hydrogens is 781 g/mol. The predicted molar refractivity (Wildman–Crippen MR) is 273 cm³/mol. The Morgan fingerprint density at radius 2 is 0.354 bits per heavy atom. The molecule has 0 heteroatoms. The van der Waals surface area contributed by atoms with Crippen molar-refractivity contribution < 1.29 is 0 Å². The van der Waals surface area contributed by atoms with Crippen LogP contribution in [0.1, 0.15) is 83.5 Å². The number of benzene rings is 10. The lowest BCUT2D eigenvalue weighted by Crippen LogP contribution is -1.90. The van der Waals surface area contributed by atoms with Crippen molar-refractivity contribution in [1.82, 2.24) is 0 Å². The molecule has 0 bridgehead atoms. The van der Waals surface area contributed by atoms with Crippen molar-refractivity contribution in [1.29, 1.82) is 0 Å². The van der Waals surface area contributed by atoms with E-state index in [0.29, 0.717) is 0 Å². The summed E-state index contributed by atoms with van der Waals surface area (Å²) in [4.78, 5) is 0. The Morgan fingerprint density at radius 3 is 0.508 bits per heavy atom. The molecule has 0 N–H and O–H groups in total. The quantitative estimate of drug-likeness (QED) is 0.106. The molecule has 65 heavy (non-hydrogen) atoms. The second-order valence-electron chi connectivity index (χ2n) is 17.3. The van der Waals surface area contributed by atoms with Crippen LogP contribution in [-0.4, -0.2) is 0 Å². The highest BCUT2D eigenvalue weighted by atomic mass is 14.3. The molecule has 0 aromatic heterocycles. The van der Waals surface area contributed by atoms with Gasteiger partial charge in [-0.3, -0.25) is 0 Å². The summed E-state index contributed by atoms with van der Waals surface area (Å²) in [5.41, 5.74) is 15.5. The molecule has 0 nitrogen and oxygen atoms in total. The van der Waals surface area contributed by atoms with Crippen LogP contribution in [-0.2, 0) is 0 Å². The summed E-state index contributed by atoms with van der Waals surface area (Å²) in [6.45, 7) is 10.5. The summed E-state index contributed by atoms with van der Waals surface area (Å²) in [6, 6.07) is 53.4. The van der Waals surface area contributed by atoms with Gasteiger partial charge in [0.2, 0.25) is 0 Å². The van der Waals surface area contributed by atoms with E-state index in [1.807, 2.05) is 0 Å². The normalized spacial score (nSPS) is 10.8. The van der Waals surface area contributed by atoms with Crippen LogP contribution in [0, 0.1) is 93.8 Å². The van der Waals surface area contributed by atoms with E-state index in [1.165, 1.54) is 54.7 Å². The van der Waals surface area contributed by atoms with E-state index in [1.54, 1.807) is 0 Å². The van der Waals surface area contributed by atoms with Crippen molar-refractivity contribution in [3.63, 3.8) is 0 Å². The Labute approximate surface area is 381 Å². The molecule has 11 rings (SSSR count). The van der Waals surface area contributed by atoms with Gasteiger partial charge in [0.05, 0.1) is 0 Å². The second-order valence-corrected chi connectivity index (χ2v) is 17.3. The Kier molecular flexibility index (Phi) is 9.57. The molecule has 0 aliphatic carbocycles. The van der Waals surface area contributed by atoms with E-state index in [0.717, 1.165) is 82.6 Å². The average molecular weight is 821 g/mol. The Hall–Kier alpha value is -8.70. The predicted octanol–water partition coefficient (Wildman–Crippen LogP) is 14.3. The summed E-state index contributed by atoms with van der Waals surface area (Å²) in [5, 5.41) is 11.3. The molecule has 0 spiro atoms. The zero-order valence-electron chi connectivity index (χ0n) is 36.9. The molecule has 11 aromatic carbocycles. The topological polar surface area (TPSA) is 0 Å². The largest absolute Gasteiger partial charge is 0.0616 e. The van der Waals surface area contributed by atoms with Crippen LogP contribution in [0.15, 0.2) is 152 Å². The fraction of sp³-hybridized carbons (Fsp3) is 0.0769. The van der Waals surface area contributed by atoms with Crippen LogP contribution in [0.25, 0.3) is 53.9 Å². The van der Waals surface area contributed by atoms with Gasteiger partial charge in [0.15, 0.2) is 0 Å². The molecule has 0 aliphatic rings. The van der Waals surface area contributed by atoms with Crippen molar-refractivity contribution in [2.45, 2.75) is 34.6 Å². The molecule has 0 saturated carbocycles. The standard InChI is InChI=1S/C65H40/c1-41-6-16-46(17-7-41)26-31-51-36-57-53(33-28-48-20-10-43(3)11-21-48)38-59-55(35-30-50-24-14-45(5)15-25-50)40-60-54(34-29-49-22-12-44(4)13-23-49)39-58-52(32-27-47-18-8-42(2)9-19-47)37-56(51)61-62(57)64(59)65(60)63(58)61/h6-25,36-40H,1-5H3. The van der Waals surface area contributed by atoms with Gasteiger partial charge in [-0.1, -0.05) is 148 Å². The van der Waals surface area contributed by atoms with Gasteiger partial charge in [0, 0.05) is 82.6 Å². The fourth-order valence-electron chi connectivity index (χ4n) is 8.90. The highest BCUT2D eigenvalue weighted by Crippen LogP contribution is 2.52. The molecule has 300 valence electrons. The maximum atomic E-state index is 3.66. The lowest BCUT2D eigenvalue weighted by molar-refractivity contribution is 1.46. The van der Waals surface area contributed by atoms with Gasteiger partial charge in [-0.2, -0.15) is 0 Å². The van der Waals surface area contributed by atoms with Crippen molar-refractivity contribution in [3.05, 3.63) is 235 Å². The first-order valence-corrected chi connectivity index (χ1v) is 22.0. The minimum Gasteiger partial charge on any atom is -0.0616 e. The van der Waals surface area contributed by atoms with Crippen LogP contribution in [0.2, 0.25) is 0 Å². The van der Waals surface area contributed by atoms with Crippen LogP contribution < -0.4 is 0 Å². The molecule has 0 radical (unpaired) electrons. The summed E-state index contributed by atoms with van der Waals surface area (Å²) in [6.07, 6.45) is 0. The van der Waals surface area contributed by atoms with E-state index < -0.39 is 0 Å². The van der Waals surface area contributed by atoms with Crippen LogP contribution >= 0.6 is 0 Å². The monoisotopic (exact) mass is 820 g/mol. The highest BCUT2D eigenvalue weighted by Gasteiger charge is 2.27. The number of rotatable bonds is 0. The van der Waals surface area contributed by atoms with Crippen molar-refractivity contribution in [2.24, 2.45) is 0 Å². The first-order chi connectivity index (χ1) is 31.7. The van der Waals surface area contributed by atoms with Crippen LogP contribution in [0.5, 0.6) is 0 Å². The minimum absolute atomic E-state index is 0.940. The van der Waals surface area contributed by atoms with E-state index in [2.05, 4.69) is 245 Å². The van der Waals surface area contributed by atoms with E-state index >= 15 is 0 Å². The maximum absolute atomic E-state index is 3.66. The Bertz CT molecular complexity index is 3340. The molecular formula is C65H40. The summed E-state index contributed by atoms with van der Waals surface area (Å²) >= 11 is 0. The SMILES string of the molecule is Cc1ccc(C#Cc2cc3c(C#Cc4ccc(C)cc4)cc4c(C#Cc5ccc(C)cc5)cc5c(C#Cc6ccc(C)cc6)cc6c(C#Cc7ccc(C)cc7)cc2c2c6c5c4c32)cc1. The maximum Gasteiger partial charge on any atom is 0.0335 e. The van der Waals surface area contributed by atoms with Crippen LogP contribution in [0.4, 0.5) is 0 Å². The van der Waals surface area contributed by atoms with E-state index in [9.17, 15) is 0 Å². The summed E-state index contributed by atoms with van der Waals surface area (Å²) < 4.78 is 0. The Balaban J connectivity index is 1.29. The van der Waals surface area contributed by atoms with Gasteiger partial charge in [-0.25, -0.2) is 0 Å². The van der Waals surface area contributed by atoms with Crippen molar-refractivity contribution >= 4 is 53.9 Å². The molecule has 0 saturated heterocycles. The highest BCUT2D eigenvalue weighted by molar-refractivity contribution is 6.46. The fourth-order valence-corrected chi connectivity index (χ4v) is 8.90. The number of hydrogen-bond acceptors (Lipinski definition) is 0. The van der Waals surface area contributed by atoms with Gasteiger partial charge in [-0.05, 0) is 153 Å². The molecule has 0 amide bonds. The third-order valence-corrected chi connectivity index (χ3v) is 12.5. The molecule has 0 aliphatic heterocycles. The smallest absolute Gasteiger partial charge is 0.0335 e. The van der Waals surface area contributed by atoms with Gasteiger partial charge < -0.3 is 0 Å².